The fourth-order valence-electron chi connectivity index (χ4n) is 2.79. The zero-order valence-electron chi connectivity index (χ0n) is 11.0. The SMILES string of the molecule is COC(C(=O)c1ccc(Cl)cc1F)C1CCCCC1. The third kappa shape index (κ3) is 3.34. The van der Waals surface area contributed by atoms with Gasteiger partial charge in [-0.25, -0.2) is 4.39 Å². The summed E-state index contributed by atoms with van der Waals surface area (Å²) in [7, 11) is 1.52. The smallest absolute Gasteiger partial charge is 0.194 e. The van der Waals surface area contributed by atoms with Crippen LogP contribution < -0.4 is 0 Å². The first-order chi connectivity index (χ1) is 9.13. The van der Waals surface area contributed by atoms with E-state index in [1.54, 1.807) is 0 Å². The Labute approximate surface area is 117 Å². The second kappa shape index (κ2) is 6.49. The summed E-state index contributed by atoms with van der Waals surface area (Å²) in [5.41, 5.74) is 0.0711. The predicted molar refractivity (Wildman–Crippen MR) is 73.1 cm³/mol. The Kier molecular flexibility index (Phi) is 4.94. The van der Waals surface area contributed by atoms with Crippen LogP contribution in [0.1, 0.15) is 42.5 Å². The number of methoxy groups -OCH3 is 1. The van der Waals surface area contributed by atoms with Crippen LogP contribution in [0.2, 0.25) is 5.02 Å². The zero-order valence-corrected chi connectivity index (χ0v) is 11.8. The third-order valence-electron chi connectivity index (χ3n) is 3.79. The van der Waals surface area contributed by atoms with E-state index in [9.17, 15) is 9.18 Å². The number of Topliss-reactive ketones (excluding diaryl/α,β-unsaturated/α-hetero) is 1. The van der Waals surface area contributed by atoms with Crippen LogP contribution in [0.15, 0.2) is 18.2 Å². The minimum absolute atomic E-state index is 0.0711. The number of rotatable bonds is 4. The van der Waals surface area contributed by atoms with Crippen molar-refractivity contribution in [2.75, 3.05) is 7.11 Å². The first kappa shape index (κ1) is 14.5. The highest BCUT2D eigenvalue weighted by Crippen LogP contribution is 2.30. The van der Waals surface area contributed by atoms with E-state index < -0.39 is 11.9 Å². The zero-order chi connectivity index (χ0) is 13.8. The molecule has 1 saturated carbocycles. The molecule has 104 valence electrons. The fraction of sp³-hybridized carbons (Fsp3) is 0.533. The Bertz CT molecular complexity index is 455. The highest BCUT2D eigenvalue weighted by molar-refractivity contribution is 6.30. The summed E-state index contributed by atoms with van der Waals surface area (Å²) in [6.45, 7) is 0. The molecule has 0 bridgehead atoms. The van der Waals surface area contributed by atoms with Crippen LogP contribution in [-0.2, 0) is 4.74 Å². The van der Waals surface area contributed by atoms with E-state index >= 15 is 0 Å². The summed E-state index contributed by atoms with van der Waals surface area (Å²) in [4.78, 5) is 12.4. The number of benzene rings is 1. The molecule has 1 aliphatic rings. The van der Waals surface area contributed by atoms with Crippen molar-refractivity contribution in [3.63, 3.8) is 0 Å². The normalized spacial score (nSPS) is 18.3. The molecule has 1 aliphatic carbocycles. The highest BCUT2D eigenvalue weighted by atomic mass is 35.5. The van der Waals surface area contributed by atoms with Crippen molar-refractivity contribution in [1.29, 1.82) is 0 Å². The lowest BCUT2D eigenvalue weighted by Crippen LogP contribution is -2.33. The first-order valence-electron chi connectivity index (χ1n) is 6.65. The molecule has 2 nitrogen and oxygen atoms in total. The van der Waals surface area contributed by atoms with Gasteiger partial charge in [-0.3, -0.25) is 4.79 Å². The monoisotopic (exact) mass is 284 g/mol. The summed E-state index contributed by atoms with van der Waals surface area (Å²) in [5.74, 6) is -0.653. The maximum Gasteiger partial charge on any atom is 0.194 e. The van der Waals surface area contributed by atoms with Crippen molar-refractivity contribution in [3.05, 3.63) is 34.6 Å². The molecule has 0 heterocycles. The number of hydrogen-bond donors (Lipinski definition) is 0. The molecule has 1 aromatic rings. The first-order valence-corrected chi connectivity index (χ1v) is 7.03. The van der Waals surface area contributed by atoms with Gasteiger partial charge in [-0.05, 0) is 37.0 Å². The van der Waals surface area contributed by atoms with Gasteiger partial charge in [-0.2, -0.15) is 0 Å². The van der Waals surface area contributed by atoms with E-state index in [0.29, 0.717) is 5.02 Å². The maximum absolute atomic E-state index is 13.8. The van der Waals surface area contributed by atoms with Gasteiger partial charge in [0.15, 0.2) is 5.78 Å². The molecule has 0 radical (unpaired) electrons. The van der Waals surface area contributed by atoms with E-state index in [1.165, 1.54) is 31.7 Å². The van der Waals surface area contributed by atoms with Gasteiger partial charge in [-0.1, -0.05) is 30.9 Å². The van der Waals surface area contributed by atoms with E-state index in [1.807, 2.05) is 0 Å². The molecule has 0 N–H and O–H groups in total. The lowest BCUT2D eigenvalue weighted by molar-refractivity contribution is 0.0311. The summed E-state index contributed by atoms with van der Waals surface area (Å²) in [6.07, 6.45) is 4.83. The van der Waals surface area contributed by atoms with Gasteiger partial charge in [-0.15, -0.1) is 0 Å². The molecule has 19 heavy (non-hydrogen) atoms. The Morgan fingerprint density at radius 1 is 1.37 bits per heavy atom. The summed E-state index contributed by atoms with van der Waals surface area (Å²) < 4.78 is 19.1. The molecule has 2 rings (SSSR count). The molecule has 1 atom stereocenters. The van der Waals surface area contributed by atoms with Crippen LogP contribution in [0.5, 0.6) is 0 Å². The van der Waals surface area contributed by atoms with Crippen LogP contribution >= 0.6 is 11.6 Å². The van der Waals surface area contributed by atoms with Crippen molar-refractivity contribution >= 4 is 17.4 Å². The second-order valence-electron chi connectivity index (χ2n) is 5.04. The van der Waals surface area contributed by atoms with Crippen molar-refractivity contribution in [2.24, 2.45) is 5.92 Å². The summed E-state index contributed by atoms with van der Waals surface area (Å²) >= 11 is 5.70. The average Bonchev–Trinajstić information content (AvgIpc) is 2.40. The molecule has 0 aromatic heterocycles. The van der Waals surface area contributed by atoms with Gasteiger partial charge in [0.05, 0.1) is 5.56 Å². The lowest BCUT2D eigenvalue weighted by Gasteiger charge is -2.28. The molecule has 1 unspecified atom stereocenters. The summed E-state index contributed by atoms with van der Waals surface area (Å²) in [6, 6.07) is 4.14. The minimum atomic E-state index is -0.574. The summed E-state index contributed by atoms with van der Waals surface area (Å²) in [5, 5.41) is 0.292. The largest absolute Gasteiger partial charge is 0.373 e. The van der Waals surface area contributed by atoms with Gasteiger partial charge < -0.3 is 4.74 Å². The molecule has 4 heteroatoms. The number of ether oxygens (including phenoxy) is 1. The maximum atomic E-state index is 13.8. The lowest BCUT2D eigenvalue weighted by atomic mass is 9.82. The number of carbonyl (C=O) groups is 1. The molecular formula is C15H18ClFO2. The van der Waals surface area contributed by atoms with Crippen LogP contribution in [-0.4, -0.2) is 19.0 Å². The fourth-order valence-corrected chi connectivity index (χ4v) is 2.95. The van der Waals surface area contributed by atoms with Crippen LogP contribution in [0.25, 0.3) is 0 Å². The van der Waals surface area contributed by atoms with Crippen LogP contribution in [0.4, 0.5) is 4.39 Å². The molecule has 1 fully saturated rings. The van der Waals surface area contributed by atoms with Crippen molar-refractivity contribution in [3.8, 4) is 0 Å². The molecule has 0 aliphatic heterocycles. The molecule has 0 spiro atoms. The van der Waals surface area contributed by atoms with Crippen LogP contribution in [0.3, 0.4) is 0 Å². The van der Waals surface area contributed by atoms with Gasteiger partial charge in [0.2, 0.25) is 0 Å². The number of hydrogen-bond acceptors (Lipinski definition) is 2. The quantitative estimate of drug-likeness (QED) is 0.772. The van der Waals surface area contributed by atoms with E-state index in [4.69, 9.17) is 16.3 Å². The third-order valence-corrected chi connectivity index (χ3v) is 4.02. The average molecular weight is 285 g/mol. The van der Waals surface area contributed by atoms with Crippen LogP contribution in [0, 0.1) is 11.7 Å². The minimum Gasteiger partial charge on any atom is -0.373 e. The van der Waals surface area contributed by atoms with E-state index in [0.717, 1.165) is 25.7 Å². The molecule has 0 amide bonds. The second-order valence-corrected chi connectivity index (χ2v) is 5.48. The van der Waals surface area contributed by atoms with E-state index in [-0.39, 0.29) is 17.3 Å². The highest BCUT2D eigenvalue weighted by Gasteiger charge is 2.31. The Balaban J connectivity index is 2.19. The Hall–Kier alpha value is -0.930. The van der Waals surface area contributed by atoms with Crippen molar-refractivity contribution in [2.45, 2.75) is 38.2 Å². The van der Waals surface area contributed by atoms with Crippen molar-refractivity contribution in [1.82, 2.24) is 0 Å². The number of ketones is 1. The number of halogens is 2. The van der Waals surface area contributed by atoms with Gasteiger partial charge in [0.1, 0.15) is 11.9 Å². The number of carbonyl (C=O) groups excluding carboxylic acids is 1. The molecule has 1 aromatic carbocycles. The Morgan fingerprint density at radius 2 is 2.05 bits per heavy atom. The Morgan fingerprint density at radius 3 is 2.63 bits per heavy atom. The molecule has 0 saturated heterocycles. The van der Waals surface area contributed by atoms with E-state index in [2.05, 4.69) is 0 Å². The van der Waals surface area contributed by atoms with Gasteiger partial charge in [0.25, 0.3) is 0 Å². The standard InChI is InChI=1S/C15H18ClFO2/c1-19-15(10-5-3-2-4-6-10)14(18)12-8-7-11(16)9-13(12)17/h7-10,15H,2-6H2,1H3. The van der Waals surface area contributed by atoms with Crippen molar-refractivity contribution < 1.29 is 13.9 Å². The van der Waals surface area contributed by atoms with Gasteiger partial charge in [0, 0.05) is 12.1 Å². The topological polar surface area (TPSA) is 26.3 Å². The predicted octanol–water partition coefficient (Wildman–Crippen LogP) is 4.26. The molecular weight excluding hydrogens is 267 g/mol. The van der Waals surface area contributed by atoms with Gasteiger partial charge >= 0.3 is 0 Å².